The van der Waals surface area contributed by atoms with Crippen molar-refractivity contribution in [1.82, 2.24) is 10.2 Å². The van der Waals surface area contributed by atoms with Gasteiger partial charge in [0.1, 0.15) is 11.7 Å². The zero-order chi connectivity index (χ0) is 26.1. The molecule has 3 fully saturated rings. The van der Waals surface area contributed by atoms with Crippen LogP contribution < -0.4 is 10.2 Å². The van der Waals surface area contributed by atoms with Gasteiger partial charge >= 0.3 is 0 Å². The van der Waals surface area contributed by atoms with E-state index < -0.39 is 0 Å². The number of carbonyl (C=O) groups is 2. The van der Waals surface area contributed by atoms with Crippen LogP contribution in [0.1, 0.15) is 79.3 Å². The Bertz CT molecular complexity index is 1210. The lowest BCUT2D eigenvalue weighted by atomic mass is 9.84. The predicted octanol–water partition coefficient (Wildman–Crippen LogP) is 5.25. The summed E-state index contributed by atoms with van der Waals surface area (Å²) in [6.45, 7) is 3.23. The average Bonchev–Trinajstić information content (AvgIpc) is 3.68. The highest BCUT2D eigenvalue weighted by molar-refractivity contribution is 6.12. The Hall–Kier alpha value is -3.06. The molecule has 0 spiro atoms. The Kier molecular flexibility index (Phi) is 7.28. The van der Waals surface area contributed by atoms with Gasteiger partial charge in [0.05, 0.1) is 0 Å². The topological polar surface area (TPSA) is 65.0 Å². The fourth-order valence-corrected chi connectivity index (χ4v) is 6.27. The van der Waals surface area contributed by atoms with Crippen molar-refractivity contribution in [2.75, 3.05) is 18.0 Å². The Morgan fingerprint density at radius 3 is 2.37 bits per heavy atom. The first kappa shape index (κ1) is 25.2. The maximum absolute atomic E-state index is 13.4. The smallest absolute Gasteiger partial charge is 0.278 e. The minimum atomic E-state index is -0.368. The molecule has 2 heterocycles. The third kappa shape index (κ3) is 5.68. The molecule has 0 atom stereocenters. The van der Waals surface area contributed by atoms with Crippen molar-refractivity contribution in [3.8, 4) is 0 Å². The second-order valence-corrected chi connectivity index (χ2v) is 11.5. The molecule has 2 saturated carbocycles. The fraction of sp³-hybridized carbons (Fsp3) is 0.516. The first-order valence-corrected chi connectivity index (χ1v) is 14.3. The number of hydrogen-bond donors (Lipinski definition) is 1. The lowest BCUT2D eigenvalue weighted by Gasteiger charge is -2.36. The van der Waals surface area contributed by atoms with Crippen molar-refractivity contribution in [3.05, 3.63) is 65.0 Å². The number of amides is 2. The standard InChI is InChI=1S/C31H37FN4O2/c32-25-10-6-22(7-11-25)31(38)34-29-19-24-5-4-21(20-35-16-2-1-3-17-35)18-28(24)36(29)27-14-8-23(9-15-27)30(37)33-26-12-13-26/h4-7,10-11,18,23,26-27H,1-3,8-9,12-17,19-20H2,(H,33,37). The van der Waals surface area contributed by atoms with Crippen LogP contribution in [-0.4, -0.2) is 47.7 Å². The van der Waals surface area contributed by atoms with Crippen LogP contribution in [0.4, 0.5) is 10.1 Å². The first-order valence-electron chi connectivity index (χ1n) is 14.3. The van der Waals surface area contributed by atoms with Gasteiger partial charge in [-0.3, -0.25) is 14.5 Å². The maximum atomic E-state index is 13.4. The molecule has 2 aliphatic carbocycles. The number of nitrogens with zero attached hydrogens (tertiary/aromatic N) is 3. The number of nitrogens with one attached hydrogen (secondary N) is 1. The monoisotopic (exact) mass is 516 g/mol. The van der Waals surface area contributed by atoms with Gasteiger partial charge in [0.25, 0.3) is 5.91 Å². The number of likely N-dealkylation sites (tertiary alicyclic amines) is 1. The molecule has 4 aliphatic rings. The van der Waals surface area contributed by atoms with Crippen molar-refractivity contribution in [1.29, 1.82) is 0 Å². The SMILES string of the molecule is O=C(N=C1Cc2ccc(CN3CCCCC3)cc2N1C1CCC(C(=O)NC2CC2)CC1)c1ccc(F)cc1. The maximum Gasteiger partial charge on any atom is 0.278 e. The minimum absolute atomic E-state index is 0.0700. The molecule has 0 unspecified atom stereocenters. The van der Waals surface area contributed by atoms with Crippen LogP contribution in [0.25, 0.3) is 0 Å². The van der Waals surface area contributed by atoms with E-state index in [4.69, 9.17) is 0 Å². The summed E-state index contributed by atoms with van der Waals surface area (Å²) in [4.78, 5) is 35.1. The number of hydrogen-bond acceptors (Lipinski definition) is 3. The molecular weight excluding hydrogens is 479 g/mol. The molecule has 2 amide bonds. The number of halogens is 1. The molecule has 1 N–H and O–H groups in total. The van der Waals surface area contributed by atoms with Crippen molar-refractivity contribution in [2.45, 2.75) is 82.8 Å². The largest absolute Gasteiger partial charge is 0.353 e. The summed E-state index contributed by atoms with van der Waals surface area (Å²) >= 11 is 0. The van der Waals surface area contributed by atoms with Crippen LogP contribution in [0, 0.1) is 11.7 Å². The third-order valence-electron chi connectivity index (χ3n) is 8.57. The van der Waals surface area contributed by atoms with E-state index in [-0.39, 0.29) is 29.6 Å². The van der Waals surface area contributed by atoms with Crippen LogP contribution >= 0.6 is 0 Å². The molecule has 2 aliphatic heterocycles. The predicted molar refractivity (Wildman–Crippen MR) is 147 cm³/mol. The van der Waals surface area contributed by atoms with Crippen LogP contribution in [0.2, 0.25) is 0 Å². The van der Waals surface area contributed by atoms with Gasteiger partial charge in [-0.15, -0.1) is 0 Å². The lowest BCUT2D eigenvalue weighted by Crippen LogP contribution is -2.43. The van der Waals surface area contributed by atoms with Crippen LogP contribution in [-0.2, 0) is 17.8 Å². The first-order chi connectivity index (χ1) is 18.5. The Morgan fingerprint density at radius 2 is 1.66 bits per heavy atom. The number of aliphatic imine (C=N–C) groups is 1. The molecular formula is C31H37FN4O2. The molecule has 2 aromatic rings. The summed E-state index contributed by atoms with van der Waals surface area (Å²) in [6.07, 6.45) is 10.1. The summed E-state index contributed by atoms with van der Waals surface area (Å²) < 4.78 is 13.4. The van der Waals surface area contributed by atoms with Gasteiger partial charge in [-0.1, -0.05) is 18.6 Å². The Balaban J connectivity index is 1.24. The van der Waals surface area contributed by atoms with Crippen LogP contribution in [0.3, 0.4) is 0 Å². The molecule has 6 nitrogen and oxygen atoms in total. The molecule has 1 saturated heterocycles. The van der Waals surface area contributed by atoms with Gasteiger partial charge in [0, 0.05) is 42.2 Å². The summed E-state index contributed by atoms with van der Waals surface area (Å²) in [5.41, 5.74) is 4.02. The van der Waals surface area contributed by atoms with Crippen molar-refractivity contribution in [3.63, 3.8) is 0 Å². The number of piperidine rings is 1. The Morgan fingerprint density at radius 1 is 0.921 bits per heavy atom. The van der Waals surface area contributed by atoms with E-state index in [9.17, 15) is 14.0 Å². The van der Waals surface area contributed by atoms with E-state index in [0.29, 0.717) is 18.0 Å². The third-order valence-corrected chi connectivity index (χ3v) is 8.57. The number of amidine groups is 1. The van der Waals surface area contributed by atoms with Gasteiger partial charge in [0.2, 0.25) is 5.91 Å². The number of anilines is 1. The van der Waals surface area contributed by atoms with Gasteiger partial charge < -0.3 is 10.2 Å². The minimum Gasteiger partial charge on any atom is -0.353 e. The molecule has 38 heavy (non-hydrogen) atoms. The number of fused-ring (bicyclic) bond motifs is 1. The molecule has 0 radical (unpaired) electrons. The molecule has 0 bridgehead atoms. The zero-order valence-electron chi connectivity index (χ0n) is 22.0. The van der Waals surface area contributed by atoms with E-state index in [1.165, 1.54) is 54.7 Å². The zero-order valence-corrected chi connectivity index (χ0v) is 22.0. The van der Waals surface area contributed by atoms with Crippen molar-refractivity contribution in [2.24, 2.45) is 10.9 Å². The molecule has 6 rings (SSSR count). The second-order valence-electron chi connectivity index (χ2n) is 11.5. The lowest BCUT2D eigenvalue weighted by molar-refractivity contribution is -0.126. The summed E-state index contributed by atoms with van der Waals surface area (Å²) in [5.74, 6) is 0.324. The quantitative estimate of drug-likeness (QED) is 0.570. The summed E-state index contributed by atoms with van der Waals surface area (Å²) in [5, 5.41) is 3.17. The molecule has 7 heteroatoms. The van der Waals surface area contributed by atoms with Gasteiger partial charge in [0.15, 0.2) is 0 Å². The highest BCUT2D eigenvalue weighted by Crippen LogP contribution is 2.38. The van der Waals surface area contributed by atoms with Crippen LogP contribution in [0.5, 0.6) is 0 Å². The number of benzene rings is 2. The average molecular weight is 517 g/mol. The van der Waals surface area contributed by atoms with E-state index >= 15 is 0 Å². The van der Waals surface area contributed by atoms with E-state index in [0.717, 1.165) is 69.7 Å². The normalized spacial score (nSPS) is 24.9. The molecule has 2 aromatic carbocycles. The highest BCUT2D eigenvalue weighted by Gasteiger charge is 2.37. The second kappa shape index (κ2) is 11.0. The van der Waals surface area contributed by atoms with Crippen LogP contribution in [0.15, 0.2) is 47.5 Å². The van der Waals surface area contributed by atoms with Crippen molar-refractivity contribution < 1.29 is 14.0 Å². The Labute approximate surface area is 224 Å². The van der Waals surface area contributed by atoms with E-state index in [2.05, 4.69) is 38.3 Å². The molecule has 200 valence electrons. The van der Waals surface area contributed by atoms with Gasteiger partial charge in [-0.2, -0.15) is 4.99 Å². The number of carbonyl (C=O) groups excluding carboxylic acids is 2. The highest BCUT2D eigenvalue weighted by atomic mass is 19.1. The van der Waals surface area contributed by atoms with E-state index in [1.807, 2.05) is 0 Å². The summed E-state index contributed by atoms with van der Waals surface area (Å²) in [7, 11) is 0. The van der Waals surface area contributed by atoms with Gasteiger partial charge in [-0.05, 0) is 106 Å². The van der Waals surface area contributed by atoms with Crippen molar-refractivity contribution >= 4 is 23.3 Å². The number of rotatable bonds is 6. The summed E-state index contributed by atoms with van der Waals surface area (Å²) in [6, 6.07) is 12.9. The fourth-order valence-electron chi connectivity index (χ4n) is 6.27. The molecule has 0 aromatic heterocycles. The van der Waals surface area contributed by atoms with E-state index in [1.54, 1.807) is 0 Å². The van der Waals surface area contributed by atoms with Gasteiger partial charge in [-0.25, -0.2) is 4.39 Å².